The number of nitrogens with one attached hydrogen (secondary N) is 1. The first-order valence-electron chi connectivity index (χ1n) is 13.5. The first-order chi connectivity index (χ1) is 19.2. The van der Waals surface area contributed by atoms with Crippen LogP contribution in [-0.4, -0.2) is 46.7 Å². The Morgan fingerprint density at radius 2 is 1.90 bits per heavy atom. The number of likely N-dealkylation sites (tertiary alicyclic amines) is 1. The maximum absolute atomic E-state index is 15.3. The second-order valence-electron chi connectivity index (χ2n) is 10.3. The highest BCUT2D eigenvalue weighted by atomic mass is 19.1. The molecular weight excluding hydrogens is 513 g/mol. The van der Waals surface area contributed by atoms with Crippen LogP contribution < -0.4 is 15.8 Å². The normalized spacial score (nSPS) is 16.7. The van der Waals surface area contributed by atoms with Crippen LogP contribution in [0.4, 0.5) is 9.18 Å². The molecule has 0 saturated carbocycles. The van der Waals surface area contributed by atoms with Crippen molar-refractivity contribution in [1.29, 1.82) is 0 Å². The average molecular weight is 550 g/mol. The van der Waals surface area contributed by atoms with Crippen LogP contribution in [0, 0.1) is 18.7 Å². The van der Waals surface area contributed by atoms with Crippen molar-refractivity contribution < 1.29 is 28.9 Å². The molecule has 0 aromatic heterocycles. The molecule has 212 valence electrons. The number of halogens is 1. The van der Waals surface area contributed by atoms with Crippen molar-refractivity contribution in [3.8, 4) is 11.5 Å². The Labute approximate surface area is 233 Å². The maximum atomic E-state index is 15.3. The van der Waals surface area contributed by atoms with E-state index in [-0.39, 0.29) is 36.7 Å². The standard InChI is InChI=1S/C31H36FN3O5/c1-21-6-2-8-25(18-21)40-28-26(9-3-10-27(28)32)31(39,15-5-16-34-30(37)38)24-7-4-17-35(20-24)29(36)23-13-11-22(19-33)12-14-23/h2-3,6,8-14,18,24,34,39H,4-5,7,15-17,19-20,33H2,1H3,(H,37,38)/t24-,31+/m1/s1. The monoisotopic (exact) mass is 549 g/mol. The lowest BCUT2D eigenvalue weighted by molar-refractivity contribution is -0.0581. The highest BCUT2D eigenvalue weighted by Crippen LogP contribution is 2.45. The summed E-state index contributed by atoms with van der Waals surface area (Å²) in [5.74, 6) is -0.867. The van der Waals surface area contributed by atoms with Crippen molar-refractivity contribution in [2.75, 3.05) is 19.6 Å². The van der Waals surface area contributed by atoms with E-state index >= 15 is 4.39 Å². The number of carbonyl (C=O) groups is 2. The molecule has 4 rings (SSSR count). The maximum Gasteiger partial charge on any atom is 0.404 e. The summed E-state index contributed by atoms with van der Waals surface area (Å²) < 4.78 is 21.3. The molecule has 0 bridgehead atoms. The van der Waals surface area contributed by atoms with Gasteiger partial charge >= 0.3 is 6.09 Å². The van der Waals surface area contributed by atoms with Crippen molar-refractivity contribution in [2.45, 2.75) is 44.8 Å². The molecule has 1 heterocycles. The van der Waals surface area contributed by atoms with E-state index in [0.29, 0.717) is 43.7 Å². The Morgan fingerprint density at radius 1 is 1.15 bits per heavy atom. The van der Waals surface area contributed by atoms with Gasteiger partial charge in [0.2, 0.25) is 0 Å². The van der Waals surface area contributed by atoms with Crippen LogP contribution in [0.15, 0.2) is 66.7 Å². The van der Waals surface area contributed by atoms with Gasteiger partial charge in [-0.2, -0.15) is 0 Å². The molecule has 0 spiro atoms. The van der Waals surface area contributed by atoms with Crippen molar-refractivity contribution in [3.05, 3.63) is 94.8 Å². The lowest BCUT2D eigenvalue weighted by atomic mass is 9.73. The number of aryl methyl sites for hydroxylation is 1. The molecule has 9 heteroatoms. The van der Waals surface area contributed by atoms with E-state index in [9.17, 15) is 14.7 Å². The van der Waals surface area contributed by atoms with Crippen LogP contribution in [0.5, 0.6) is 11.5 Å². The number of hydrogen-bond acceptors (Lipinski definition) is 5. The van der Waals surface area contributed by atoms with Crippen LogP contribution in [0.25, 0.3) is 0 Å². The fraction of sp³-hybridized carbons (Fsp3) is 0.355. The number of amides is 2. The molecule has 5 N–H and O–H groups in total. The molecule has 3 aromatic carbocycles. The van der Waals surface area contributed by atoms with Crippen molar-refractivity contribution in [3.63, 3.8) is 0 Å². The molecule has 0 unspecified atom stereocenters. The first-order valence-corrected chi connectivity index (χ1v) is 13.5. The van der Waals surface area contributed by atoms with Gasteiger partial charge in [-0.3, -0.25) is 4.79 Å². The van der Waals surface area contributed by atoms with E-state index in [1.54, 1.807) is 41.3 Å². The summed E-state index contributed by atoms with van der Waals surface area (Å²) in [7, 11) is 0. The van der Waals surface area contributed by atoms with E-state index in [0.717, 1.165) is 11.1 Å². The van der Waals surface area contributed by atoms with Crippen molar-refractivity contribution >= 4 is 12.0 Å². The number of nitrogens with zero attached hydrogens (tertiary/aromatic N) is 1. The molecule has 1 saturated heterocycles. The van der Waals surface area contributed by atoms with E-state index in [1.165, 1.54) is 12.1 Å². The van der Waals surface area contributed by atoms with Gasteiger partial charge in [-0.05, 0) is 74.1 Å². The zero-order chi connectivity index (χ0) is 28.7. The zero-order valence-electron chi connectivity index (χ0n) is 22.6. The van der Waals surface area contributed by atoms with E-state index in [1.807, 2.05) is 25.1 Å². The van der Waals surface area contributed by atoms with Crippen LogP contribution in [0.1, 0.15) is 52.7 Å². The molecule has 1 aliphatic heterocycles. The fourth-order valence-corrected chi connectivity index (χ4v) is 5.38. The number of benzene rings is 3. The summed E-state index contributed by atoms with van der Waals surface area (Å²) in [5.41, 5.74) is 6.76. The molecule has 2 amide bonds. The zero-order valence-corrected chi connectivity index (χ0v) is 22.6. The quantitative estimate of drug-likeness (QED) is 0.259. The van der Waals surface area contributed by atoms with Gasteiger partial charge in [0.1, 0.15) is 5.75 Å². The van der Waals surface area contributed by atoms with Crippen LogP contribution >= 0.6 is 0 Å². The summed E-state index contributed by atoms with van der Waals surface area (Å²) >= 11 is 0. The minimum atomic E-state index is -1.59. The smallest absolute Gasteiger partial charge is 0.404 e. The summed E-state index contributed by atoms with van der Waals surface area (Å²) in [5, 5.41) is 23.7. The fourth-order valence-electron chi connectivity index (χ4n) is 5.38. The molecule has 0 radical (unpaired) electrons. The Bertz CT molecular complexity index is 1330. The largest absolute Gasteiger partial charge is 0.465 e. The van der Waals surface area contributed by atoms with Crippen LogP contribution in [0.3, 0.4) is 0 Å². The minimum absolute atomic E-state index is 0.0809. The van der Waals surface area contributed by atoms with Gasteiger partial charge in [-0.1, -0.05) is 36.4 Å². The number of aliphatic hydroxyl groups is 1. The summed E-state index contributed by atoms with van der Waals surface area (Å²) in [6, 6.07) is 18.8. The average Bonchev–Trinajstić information content (AvgIpc) is 2.96. The third kappa shape index (κ3) is 6.78. The van der Waals surface area contributed by atoms with Gasteiger partial charge in [-0.15, -0.1) is 0 Å². The Kier molecular flexibility index (Phi) is 9.39. The van der Waals surface area contributed by atoms with Gasteiger partial charge in [0, 0.05) is 43.2 Å². The highest BCUT2D eigenvalue weighted by molar-refractivity contribution is 5.94. The SMILES string of the molecule is Cc1cccc(Oc2c(F)cccc2[C@](O)(CCCNC(=O)O)[C@@H]2CCCN(C(=O)c3ccc(CN)cc3)C2)c1. The van der Waals surface area contributed by atoms with Gasteiger partial charge in [0.05, 0.1) is 5.60 Å². The Balaban J connectivity index is 1.67. The van der Waals surface area contributed by atoms with Gasteiger partial charge in [0.25, 0.3) is 5.91 Å². The topological polar surface area (TPSA) is 125 Å². The number of piperidine rings is 1. The first kappa shape index (κ1) is 29.0. The third-order valence-corrected chi connectivity index (χ3v) is 7.47. The molecule has 1 aliphatic rings. The summed E-state index contributed by atoms with van der Waals surface area (Å²) in [6.07, 6.45) is 0.524. The van der Waals surface area contributed by atoms with Gasteiger partial charge in [0.15, 0.2) is 11.6 Å². The van der Waals surface area contributed by atoms with Crippen molar-refractivity contribution in [2.24, 2.45) is 11.7 Å². The van der Waals surface area contributed by atoms with Gasteiger partial charge in [-0.25, -0.2) is 9.18 Å². The van der Waals surface area contributed by atoms with Crippen LogP contribution in [0.2, 0.25) is 0 Å². The van der Waals surface area contributed by atoms with E-state index in [4.69, 9.17) is 15.6 Å². The Morgan fingerprint density at radius 3 is 2.60 bits per heavy atom. The molecule has 0 aliphatic carbocycles. The van der Waals surface area contributed by atoms with E-state index < -0.39 is 23.4 Å². The third-order valence-electron chi connectivity index (χ3n) is 7.47. The van der Waals surface area contributed by atoms with Gasteiger partial charge < -0.3 is 30.9 Å². The number of carboxylic acid groups (broad SMARTS) is 1. The molecule has 40 heavy (non-hydrogen) atoms. The number of hydrogen-bond donors (Lipinski definition) is 4. The van der Waals surface area contributed by atoms with E-state index in [2.05, 4.69) is 5.32 Å². The number of rotatable bonds is 10. The molecular formula is C31H36FN3O5. The second-order valence-corrected chi connectivity index (χ2v) is 10.3. The molecule has 1 fully saturated rings. The highest BCUT2D eigenvalue weighted by Gasteiger charge is 2.43. The number of ether oxygens (including phenoxy) is 1. The minimum Gasteiger partial charge on any atom is -0.465 e. The molecule has 2 atom stereocenters. The van der Waals surface area contributed by atoms with Crippen LogP contribution in [-0.2, 0) is 12.1 Å². The number of carbonyl (C=O) groups excluding carboxylic acids is 1. The number of nitrogens with two attached hydrogens (primary N) is 1. The predicted molar refractivity (Wildman–Crippen MR) is 150 cm³/mol. The lowest BCUT2D eigenvalue weighted by Gasteiger charge is -2.43. The Hall–Kier alpha value is -3.95. The summed E-state index contributed by atoms with van der Waals surface area (Å²) in [4.78, 5) is 26.1. The second kappa shape index (κ2) is 12.9. The lowest BCUT2D eigenvalue weighted by Crippen LogP contribution is -2.48. The van der Waals surface area contributed by atoms with Crippen molar-refractivity contribution in [1.82, 2.24) is 10.2 Å². The summed E-state index contributed by atoms with van der Waals surface area (Å²) in [6.45, 7) is 3.17. The molecule has 8 nitrogen and oxygen atoms in total. The molecule has 3 aromatic rings. The number of para-hydroxylation sites is 1. The predicted octanol–water partition coefficient (Wildman–Crippen LogP) is 5.17.